The van der Waals surface area contributed by atoms with Gasteiger partial charge in [0.15, 0.2) is 5.13 Å². The maximum atomic E-state index is 12.6. The average molecular weight is 348 g/mol. The predicted molar refractivity (Wildman–Crippen MR) is 93.0 cm³/mol. The number of amides is 1. The van der Waals surface area contributed by atoms with Crippen molar-refractivity contribution in [3.05, 3.63) is 46.4 Å². The zero-order chi connectivity index (χ0) is 15.8. The third kappa shape index (κ3) is 2.95. The first-order valence-corrected chi connectivity index (χ1v) is 9.12. The van der Waals surface area contributed by atoms with Crippen molar-refractivity contribution in [1.82, 2.24) is 9.88 Å². The summed E-state index contributed by atoms with van der Waals surface area (Å²) >= 11 is 7.85. The lowest BCUT2D eigenvalue weighted by molar-refractivity contribution is -0.129. The van der Waals surface area contributed by atoms with E-state index in [0.29, 0.717) is 23.3 Å². The fraction of sp³-hybridized carbons (Fsp3) is 0.412. The van der Waals surface area contributed by atoms with Crippen molar-refractivity contribution in [3.63, 3.8) is 0 Å². The number of hydrogen-bond acceptors (Lipinski definition) is 4. The summed E-state index contributed by atoms with van der Waals surface area (Å²) in [5.41, 5.74) is 0.917. The third-order valence-electron chi connectivity index (χ3n) is 4.83. The summed E-state index contributed by atoms with van der Waals surface area (Å²) in [6.45, 7) is 3.73. The lowest BCUT2D eigenvalue weighted by Gasteiger charge is -2.21. The van der Waals surface area contributed by atoms with Gasteiger partial charge in [0, 0.05) is 54.6 Å². The highest BCUT2D eigenvalue weighted by Crippen LogP contribution is 2.35. The second-order valence-electron chi connectivity index (χ2n) is 6.31. The Hall–Kier alpha value is -1.59. The molecule has 2 fully saturated rings. The molecule has 6 heteroatoms. The molecule has 0 N–H and O–H groups in total. The van der Waals surface area contributed by atoms with E-state index in [1.807, 2.05) is 40.7 Å². The van der Waals surface area contributed by atoms with Crippen molar-refractivity contribution >= 4 is 34.0 Å². The molecule has 0 spiro atoms. The quantitative estimate of drug-likeness (QED) is 0.856. The molecule has 2 aliphatic rings. The SMILES string of the molecule is O=C(Cc1ccccc1Cl)N1CC2CN(c3nccs3)CC2C1. The maximum Gasteiger partial charge on any atom is 0.227 e. The molecule has 2 saturated heterocycles. The monoisotopic (exact) mass is 347 g/mol. The van der Waals surface area contributed by atoms with Crippen LogP contribution in [0.25, 0.3) is 0 Å². The van der Waals surface area contributed by atoms with Gasteiger partial charge >= 0.3 is 0 Å². The summed E-state index contributed by atoms with van der Waals surface area (Å²) in [7, 11) is 0. The highest BCUT2D eigenvalue weighted by molar-refractivity contribution is 7.13. The molecular formula is C17H18ClN3OS. The number of carbonyl (C=O) groups excluding carboxylic acids is 1. The van der Waals surface area contributed by atoms with E-state index < -0.39 is 0 Å². The van der Waals surface area contributed by atoms with Crippen LogP contribution >= 0.6 is 22.9 Å². The first-order valence-electron chi connectivity index (χ1n) is 7.86. The minimum absolute atomic E-state index is 0.188. The normalized spacial score (nSPS) is 23.3. The van der Waals surface area contributed by atoms with Gasteiger partial charge in [-0.15, -0.1) is 11.3 Å². The van der Waals surface area contributed by atoms with E-state index in [1.54, 1.807) is 11.3 Å². The van der Waals surface area contributed by atoms with Crippen molar-refractivity contribution in [2.75, 3.05) is 31.1 Å². The largest absolute Gasteiger partial charge is 0.347 e. The molecule has 4 nitrogen and oxygen atoms in total. The lowest BCUT2D eigenvalue weighted by Crippen LogP contribution is -2.34. The van der Waals surface area contributed by atoms with Crippen molar-refractivity contribution in [2.45, 2.75) is 6.42 Å². The maximum absolute atomic E-state index is 12.6. The number of fused-ring (bicyclic) bond motifs is 1. The van der Waals surface area contributed by atoms with Crippen LogP contribution in [0.4, 0.5) is 5.13 Å². The number of rotatable bonds is 3. The van der Waals surface area contributed by atoms with E-state index in [2.05, 4.69) is 9.88 Å². The zero-order valence-electron chi connectivity index (χ0n) is 12.7. The Labute approximate surface area is 144 Å². The summed E-state index contributed by atoms with van der Waals surface area (Å²) in [6, 6.07) is 7.60. The smallest absolute Gasteiger partial charge is 0.227 e. The van der Waals surface area contributed by atoms with E-state index in [1.165, 1.54) is 0 Å². The summed E-state index contributed by atoms with van der Waals surface area (Å²) in [6.07, 6.45) is 2.25. The topological polar surface area (TPSA) is 36.4 Å². The van der Waals surface area contributed by atoms with Gasteiger partial charge in [-0.3, -0.25) is 4.79 Å². The first-order chi connectivity index (χ1) is 11.2. The molecule has 2 atom stereocenters. The minimum Gasteiger partial charge on any atom is -0.347 e. The van der Waals surface area contributed by atoms with Crippen molar-refractivity contribution in [1.29, 1.82) is 0 Å². The molecule has 2 aliphatic heterocycles. The molecule has 2 unspecified atom stereocenters. The average Bonchev–Trinajstić information content (AvgIpc) is 3.24. The van der Waals surface area contributed by atoms with Crippen LogP contribution in [0.5, 0.6) is 0 Å². The van der Waals surface area contributed by atoms with Gasteiger partial charge in [-0.1, -0.05) is 29.8 Å². The molecule has 0 bridgehead atoms. The zero-order valence-corrected chi connectivity index (χ0v) is 14.3. The van der Waals surface area contributed by atoms with Crippen LogP contribution in [0.15, 0.2) is 35.8 Å². The van der Waals surface area contributed by atoms with Crippen LogP contribution in [0.2, 0.25) is 5.02 Å². The van der Waals surface area contributed by atoms with Gasteiger partial charge in [0.1, 0.15) is 0 Å². The Balaban J connectivity index is 1.37. The molecule has 0 aliphatic carbocycles. The molecule has 1 aromatic heterocycles. The van der Waals surface area contributed by atoms with Gasteiger partial charge in [0.05, 0.1) is 6.42 Å². The van der Waals surface area contributed by atoms with E-state index >= 15 is 0 Å². The summed E-state index contributed by atoms with van der Waals surface area (Å²) in [5, 5.41) is 3.80. The number of thiazole rings is 1. The molecule has 3 heterocycles. The molecule has 1 amide bonds. The van der Waals surface area contributed by atoms with Gasteiger partial charge in [-0.2, -0.15) is 0 Å². The van der Waals surface area contributed by atoms with Crippen LogP contribution in [0.3, 0.4) is 0 Å². The molecule has 120 valence electrons. The van der Waals surface area contributed by atoms with Crippen LogP contribution in [0, 0.1) is 11.8 Å². The van der Waals surface area contributed by atoms with Crippen molar-refractivity contribution in [2.24, 2.45) is 11.8 Å². The Morgan fingerprint density at radius 2 is 1.96 bits per heavy atom. The van der Waals surface area contributed by atoms with E-state index in [4.69, 9.17) is 11.6 Å². The van der Waals surface area contributed by atoms with E-state index in [0.717, 1.165) is 36.9 Å². The number of anilines is 1. The number of likely N-dealkylation sites (tertiary alicyclic amines) is 1. The standard InChI is InChI=1S/C17H18ClN3OS/c18-15-4-2-1-3-12(15)7-16(22)20-8-13-10-21(11-14(13)9-20)17-19-5-6-23-17/h1-6,13-14H,7-11H2. The molecule has 23 heavy (non-hydrogen) atoms. The Bertz CT molecular complexity index is 692. The number of hydrogen-bond donors (Lipinski definition) is 0. The Morgan fingerprint density at radius 3 is 2.61 bits per heavy atom. The summed E-state index contributed by atoms with van der Waals surface area (Å²) < 4.78 is 0. The minimum atomic E-state index is 0.188. The molecular weight excluding hydrogens is 330 g/mol. The van der Waals surface area contributed by atoms with Gasteiger partial charge in [-0.25, -0.2) is 4.98 Å². The van der Waals surface area contributed by atoms with E-state index in [9.17, 15) is 4.79 Å². The van der Waals surface area contributed by atoms with Crippen molar-refractivity contribution in [3.8, 4) is 0 Å². The highest BCUT2D eigenvalue weighted by atomic mass is 35.5. The molecule has 0 saturated carbocycles. The van der Waals surface area contributed by atoms with E-state index in [-0.39, 0.29) is 5.91 Å². The summed E-state index contributed by atoms with van der Waals surface area (Å²) in [5.74, 6) is 1.32. The van der Waals surface area contributed by atoms with Gasteiger partial charge in [0.2, 0.25) is 5.91 Å². The van der Waals surface area contributed by atoms with Gasteiger partial charge in [0.25, 0.3) is 0 Å². The fourth-order valence-corrected chi connectivity index (χ4v) is 4.51. The number of aromatic nitrogens is 1. The van der Waals surface area contributed by atoms with Gasteiger partial charge < -0.3 is 9.80 Å². The Kier molecular flexibility index (Phi) is 3.99. The third-order valence-corrected chi connectivity index (χ3v) is 6.03. The van der Waals surface area contributed by atoms with Crippen molar-refractivity contribution < 1.29 is 4.79 Å². The van der Waals surface area contributed by atoms with Crippen LogP contribution in [-0.2, 0) is 11.2 Å². The first kappa shape index (κ1) is 15.0. The highest BCUT2D eigenvalue weighted by Gasteiger charge is 2.42. The van der Waals surface area contributed by atoms with Crippen LogP contribution in [0.1, 0.15) is 5.56 Å². The number of halogens is 1. The fourth-order valence-electron chi connectivity index (χ4n) is 3.64. The number of benzene rings is 1. The predicted octanol–water partition coefficient (Wildman–Crippen LogP) is 2.93. The molecule has 0 radical (unpaired) electrons. The number of nitrogens with zero attached hydrogens (tertiary/aromatic N) is 3. The van der Waals surface area contributed by atoms with Gasteiger partial charge in [-0.05, 0) is 11.6 Å². The second-order valence-corrected chi connectivity index (χ2v) is 7.59. The van der Waals surface area contributed by atoms with Crippen LogP contribution < -0.4 is 4.90 Å². The number of carbonyl (C=O) groups is 1. The van der Waals surface area contributed by atoms with Crippen LogP contribution in [-0.4, -0.2) is 42.0 Å². The lowest BCUT2D eigenvalue weighted by atomic mass is 10.0. The Morgan fingerprint density at radius 1 is 1.22 bits per heavy atom. The molecule has 2 aromatic rings. The summed E-state index contributed by atoms with van der Waals surface area (Å²) in [4.78, 5) is 21.3. The molecule has 1 aromatic carbocycles. The second kappa shape index (κ2) is 6.13. The molecule has 4 rings (SSSR count).